The highest BCUT2D eigenvalue weighted by Crippen LogP contribution is 2.16. The lowest BCUT2D eigenvalue weighted by molar-refractivity contribution is 0.336. The van der Waals surface area contributed by atoms with Crippen LogP contribution in [-0.2, 0) is 0 Å². The van der Waals surface area contributed by atoms with E-state index in [2.05, 4.69) is 31.3 Å². The van der Waals surface area contributed by atoms with E-state index < -0.39 is 0 Å². The molecule has 0 aliphatic rings. The highest BCUT2D eigenvalue weighted by molar-refractivity contribution is 5.05. The minimum atomic E-state index is 0.0451. The zero-order chi connectivity index (χ0) is 8.91. The van der Waals surface area contributed by atoms with Crippen LogP contribution < -0.4 is 11.1 Å². The van der Waals surface area contributed by atoms with Crippen molar-refractivity contribution in [3.8, 4) is 0 Å². The molecule has 0 saturated carbocycles. The van der Waals surface area contributed by atoms with E-state index >= 15 is 0 Å². The molecule has 2 nitrogen and oxygen atoms in total. The van der Waals surface area contributed by atoms with Crippen molar-refractivity contribution in [2.45, 2.75) is 26.3 Å². The first kappa shape index (κ1) is 10.7. The lowest BCUT2D eigenvalue weighted by atomic mass is 9.87. The third kappa shape index (κ3) is 2.64. The zero-order valence-corrected chi connectivity index (χ0v) is 8.02. The van der Waals surface area contributed by atoms with Crippen LogP contribution in [0.3, 0.4) is 0 Å². The summed E-state index contributed by atoms with van der Waals surface area (Å²) in [7, 11) is 1.96. The highest BCUT2D eigenvalue weighted by atomic mass is 14.9. The summed E-state index contributed by atoms with van der Waals surface area (Å²) in [4.78, 5) is 0. The first-order valence-electron chi connectivity index (χ1n) is 4.13. The molecule has 0 amide bonds. The molecular formula is C9H20N2. The lowest BCUT2D eigenvalue weighted by Crippen LogP contribution is -2.46. The van der Waals surface area contributed by atoms with Crippen molar-refractivity contribution in [2.24, 2.45) is 11.7 Å². The molecule has 3 N–H and O–H groups in total. The van der Waals surface area contributed by atoms with Gasteiger partial charge in [-0.2, -0.15) is 0 Å². The number of hydrogen-bond acceptors (Lipinski definition) is 2. The van der Waals surface area contributed by atoms with Crippen molar-refractivity contribution in [1.82, 2.24) is 5.32 Å². The molecule has 0 aliphatic heterocycles. The summed E-state index contributed by atoms with van der Waals surface area (Å²) in [5.41, 5.74) is 5.64. The van der Waals surface area contributed by atoms with E-state index in [9.17, 15) is 0 Å². The van der Waals surface area contributed by atoms with Crippen molar-refractivity contribution >= 4 is 0 Å². The molecule has 0 saturated heterocycles. The predicted molar refractivity (Wildman–Crippen MR) is 50.5 cm³/mol. The molecule has 0 aromatic rings. The zero-order valence-electron chi connectivity index (χ0n) is 8.02. The molecule has 0 radical (unpaired) electrons. The fraction of sp³-hybridized carbons (Fsp3) is 0.778. The summed E-state index contributed by atoms with van der Waals surface area (Å²) in [5.74, 6) is 0.462. The van der Waals surface area contributed by atoms with Gasteiger partial charge in [0, 0.05) is 5.54 Å². The van der Waals surface area contributed by atoms with Crippen molar-refractivity contribution in [2.75, 3.05) is 13.6 Å². The number of nitrogens with one attached hydrogen (secondary N) is 1. The standard InChI is InChI=1S/C9H20N2/c1-5-6-9(3,11-4)8(2)7-10/h5-6,8,11H,7,10H2,1-4H3. The largest absolute Gasteiger partial charge is 0.330 e. The predicted octanol–water partition coefficient (Wildman–Crippen LogP) is 1.14. The van der Waals surface area contributed by atoms with E-state index in [0.717, 1.165) is 0 Å². The molecule has 0 fully saturated rings. The van der Waals surface area contributed by atoms with Gasteiger partial charge in [-0.3, -0.25) is 0 Å². The smallest absolute Gasteiger partial charge is 0.0371 e. The molecule has 0 bridgehead atoms. The molecule has 2 atom stereocenters. The number of rotatable bonds is 4. The van der Waals surface area contributed by atoms with Crippen molar-refractivity contribution < 1.29 is 0 Å². The monoisotopic (exact) mass is 156 g/mol. The Hall–Kier alpha value is -0.340. The van der Waals surface area contributed by atoms with Crippen LogP contribution in [0.25, 0.3) is 0 Å². The van der Waals surface area contributed by atoms with Gasteiger partial charge in [0.15, 0.2) is 0 Å². The minimum Gasteiger partial charge on any atom is -0.330 e. The molecule has 0 aromatic heterocycles. The van der Waals surface area contributed by atoms with Crippen molar-refractivity contribution in [3.63, 3.8) is 0 Å². The Morgan fingerprint density at radius 3 is 2.45 bits per heavy atom. The van der Waals surface area contributed by atoms with E-state index in [4.69, 9.17) is 5.73 Å². The van der Waals surface area contributed by atoms with E-state index in [1.54, 1.807) is 0 Å². The van der Waals surface area contributed by atoms with Crippen LogP contribution in [0.2, 0.25) is 0 Å². The van der Waals surface area contributed by atoms with Crippen LogP contribution >= 0.6 is 0 Å². The first-order valence-corrected chi connectivity index (χ1v) is 4.13. The van der Waals surface area contributed by atoms with E-state index in [-0.39, 0.29) is 5.54 Å². The van der Waals surface area contributed by atoms with Crippen molar-refractivity contribution in [1.29, 1.82) is 0 Å². The fourth-order valence-corrected chi connectivity index (χ4v) is 1.09. The van der Waals surface area contributed by atoms with Crippen LogP contribution in [0, 0.1) is 5.92 Å². The maximum Gasteiger partial charge on any atom is 0.0371 e. The van der Waals surface area contributed by atoms with Gasteiger partial charge in [-0.05, 0) is 33.4 Å². The second kappa shape index (κ2) is 4.52. The Bertz CT molecular complexity index is 132. The summed E-state index contributed by atoms with van der Waals surface area (Å²) in [6.07, 6.45) is 4.22. The maximum atomic E-state index is 5.59. The minimum absolute atomic E-state index is 0.0451. The van der Waals surface area contributed by atoms with Crippen LogP contribution in [0.1, 0.15) is 20.8 Å². The topological polar surface area (TPSA) is 38.0 Å². The molecule has 0 aliphatic carbocycles. The van der Waals surface area contributed by atoms with Gasteiger partial charge in [-0.25, -0.2) is 0 Å². The number of nitrogens with two attached hydrogens (primary N) is 1. The van der Waals surface area contributed by atoms with Gasteiger partial charge in [0.25, 0.3) is 0 Å². The second-order valence-corrected chi connectivity index (χ2v) is 3.17. The summed E-state index contributed by atoms with van der Waals surface area (Å²) >= 11 is 0. The SMILES string of the molecule is CC=CC(C)(NC)C(C)CN. The number of likely N-dealkylation sites (N-methyl/N-ethyl adjacent to an activating group) is 1. The summed E-state index contributed by atoms with van der Waals surface area (Å²) < 4.78 is 0. The first-order chi connectivity index (χ1) is 5.10. The average Bonchev–Trinajstić information content (AvgIpc) is 2.03. The van der Waals surface area contributed by atoms with Crippen LogP contribution in [0.4, 0.5) is 0 Å². The Balaban J connectivity index is 4.31. The summed E-state index contributed by atoms with van der Waals surface area (Å²) in [6.45, 7) is 7.04. The van der Waals surface area contributed by atoms with Gasteiger partial charge in [0.1, 0.15) is 0 Å². The normalized spacial score (nSPS) is 20.1. The molecule has 2 heteroatoms. The van der Waals surface area contributed by atoms with Gasteiger partial charge in [-0.15, -0.1) is 0 Å². The van der Waals surface area contributed by atoms with Gasteiger partial charge in [0.2, 0.25) is 0 Å². The van der Waals surface area contributed by atoms with Crippen LogP contribution in [0.5, 0.6) is 0 Å². The number of hydrogen-bond donors (Lipinski definition) is 2. The molecule has 0 rings (SSSR count). The fourth-order valence-electron chi connectivity index (χ4n) is 1.09. The molecule has 2 unspecified atom stereocenters. The summed E-state index contributed by atoms with van der Waals surface area (Å²) in [5, 5.41) is 3.26. The summed E-state index contributed by atoms with van der Waals surface area (Å²) in [6, 6.07) is 0. The van der Waals surface area contributed by atoms with Gasteiger partial charge >= 0.3 is 0 Å². The molecular weight excluding hydrogens is 136 g/mol. The van der Waals surface area contributed by atoms with Gasteiger partial charge < -0.3 is 11.1 Å². The van der Waals surface area contributed by atoms with Crippen LogP contribution in [0.15, 0.2) is 12.2 Å². The van der Waals surface area contributed by atoms with Gasteiger partial charge in [-0.1, -0.05) is 19.1 Å². The Kier molecular flexibility index (Phi) is 4.38. The molecule has 11 heavy (non-hydrogen) atoms. The molecule has 0 aromatic carbocycles. The maximum absolute atomic E-state index is 5.59. The van der Waals surface area contributed by atoms with Crippen molar-refractivity contribution in [3.05, 3.63) is 12.2 Å². The molecule has 0 spiro atoms. The van der Waals surface area contributed by atoms with E-state index in [0.29, 0.717) is 12.5 Å². The molecule has 0 heterocycles. The Morgan fingerprint density at radius 2 is 2.18 bits per heavy atom. The quantitative estimate of drug-likeness (QED) is 0.599. The number of allylic oxidation sites excluding steroid dienone is 1. The van der Waals surface area contributed by atoms with Crippen LogP contribution in [-0.4, -0.2) is 19.1 Å². The lowest BCUT2D eigenvalue weighted by Gasteiger charge is -2.31. The Morgan fingerprint density at radius 1 is 1.64 bits per heavy atom. The average molecular weight is 156 g/mol. The van der Waals surface area contributed by atoms with E-state index in [1.165, 1.54) is 0 Å². The molecule has 66 valence electrons. The highest BCUT2D eigenvalue weighted by Gasteiger charge is 2.24. The van der Waals surface area contributed by atoms with E-state index in [1.807, 2.05) is 14.0 Å². The Labute approximate surface area is 69.9 Å². The third-order valence-electron chi connectivity index (χ3n) is 2.43. The third-order valence-corrected chi connectivity index (χ3v) is 2.43. The second-order valence-electron chi connectivity index (χ2n) is 3.17. The van der Waals surface area contributed by atoms with Gasteiger partial charge in [0.05, 0.1) is 0 Å².